The minimum atomic E-state index is -5.14. The molecule has 1 unspecified atom stereocenters. The van der Waals surface area contributed by atoms with Crippen molar-refractivity contribution in [2.75, 3.05) is 13.1 Å². The van der Waals surface area contributed by atoms with Gasteiger partial charge in [-0.15, -0.1) is 0 Å². The van der Waals surface area contributed by atoms with Crippen molar-refractivity contribution in [2.45, 2.75) is 82.8 Å². The number of nitrogens with one attached hydrogen (secondary N) is 1. The van der Waals surface area contributed by atoms with Gasteiger partial charge in [0.15, 0.2) is 0 Å². The lowest BCUT2D eigenvalue weighted by Gasteiger charge is -2.53. The van der Waals surface area contributed by atoms with Gasteiger partial charge in [0, 0.05) is 35.9 Å². The number of alkyl halides is 3. The van der Waals surface area contributed by atoms with Crippen LogP contribution < -0.4 is 11.1 Å². The Balaban J connectivity index is 1.70. The average Bonchev–Trinajstić information content (AvgIpc) is 3.37. The van der Waals surface area contributed by atoms with Gasteiger partial charge in [0.1, 0.15) is 11.9 Å². The van der Waals surface area contributed by atoms with Gasteiger partial charge in [-0.3, -0.25) is 9.69 Å². The maximum Gasteiger partial charge on any atom is 0.490 e. The third-order valence-electron chi connectivity index (χ3n) is 7.71. The molecule has 0 bridgehead atoms. The highest BCUT2D eigenvalue weighted by molar-refractivity contribution is 6.30. The number of piperidine rings is 1. The molecule has 1 aliphatic heterocycles. The summed E-state index contributed by atoms with van der Waals surface area (Å²) in [6.45, 7) is 3.97. The Kier molecular flexibility index (Phi) is 9.29. The predicted molar refractivity (Wildman–Crippen MR) is 132 cm³/mol. The molecule has 1 saturated carbocycles. The Morgan fingerprint density at radius 3 is 2.38 bits per heavy atom. The lowest BCUT2D eigenvalue weighted by molar-refractivity contribution is -0.235. The zero-order valence-corrected chi connectivity index (χ0v) is 21.9. The summed E-state index contributed by atoms with van der Waals surface area (Å²) in [6, 6.07) is 5.59. The molecule has 37 heavy (non-hydrogen) atoms. The van der Waals surface area contributed by atoms with Gasteiger partial charge in [-0.2, -0.15) is 13.2 Å². The van der Waals surface area contributed by atoms with Crippen molar-refractivity contribution in [2.24, 2.45) is 17.1 Å². The van der Waals surface area contributed by atoms with E-state index in [1.54, 1.807) is 38.1 Å². The van der Waals surface area contributed by atoms with E-state index in [0.717, 1.165) is 25.7 Å². The number of hydrogen-bond donors (Lipinski definition) is 2. The summed E-state index contributed by atoms with van der Waals surface area (Å²) in [6.07, 6.45) is -0.463. The van der Waals surface area contributed by atoms with Gasteiger partial charge in [-0.25, -0.2) is 4.79 Å². The molecule has 1 saturated heterocycles. The van der Waals surface area contributed by atoms with Crippen molar-refractivity contribution in [1.82, 2.24) is 10.2 Å². The lowest BCUT2D eigenvalue weighted by Crippen LogP contribution is -2.61. The van der Waals surface area contributed by atoms with Gasteiger partial charge < -0.3 is 20.6 Å². The van der Waals surface area contributed by atoms with E-state index in [1.165, 1.54) is 0 Å². The van der Waals surface area contributed by atoms with Gasteiger partial charge in [0.25, 0.3) is 0 Å². The number of amides is 1. The number of carbonyl (C=O) groups is 3. The molecule has 206 valence electrons. The van der Waals surface area contributed by atoms with E-state index >= 15 is 0 Å². The van der Waals surface area contributed by atoms with Crippen LogP contribution in [0, 0.1) is 11.3 Å². The first-order valence-electron chi connectivity index (χ1n) is 12.6. The fraction of sp³-hybridized carbons (Fsp3) is 0.654. The molecule has 3 N–H and O–H groups in total. The normalized spacial score (nSPS) is 24.3. The Morgan fingerprint density at radius 2 is 1.84 bits per heavy atom. The van der Waals surface area contributed by atoms with Crippen LogP contribution in [0.25, 0.3) is 0 Å². The molecule has 3 rings (SSSR count). The quantitative estimate of drug-likeness (QED) is 0.354. The number of nitrogens with zero attached hydrogens (tertiary/aromatic N) is 1. The van der Waals surface area contributed by atoms with Crippen molar-refractivity contribution < 1.29 is 32.3 Å². The lowest BCUT2D eigenvalue weighted by atomic mass is 9.66. The summed E-state index contributed by atoms with van der Waals surface area (Å²) in [7, 11) is 0. The molecule has 2 fully saturated rings. The highest BCUT2D eigenvalue weighted by Crippen LogP contribution is 2.50. The molecule has 11 heteroatoms. The van der Waals surface area contributed by atoms with Crippen molar-refractivity contribution in [3.63, 3.8) is 0 Å². The van der Waals surface area contributed by atoms with Gasteiger partial charge in [0.05, 0.1) is 12.2 Å². The van der Waals surface area contributed by atoms with Crippen LogP contribution in [0.5, 0.6) is 0 Å². The first-order valence-corrected chi connectivity index (χ1v) is 13.0. The number of ether oxygens (including phenoxy) is 1. The zero-order valence-electron chi connectivity index (χ0n) is 21.2. The summed E-state index contributed by atoms with van der Waals surface area (Å²) in [5.41, 5.74) is 4.34. The fourth-order valence-electron chi connectivity index (χ4n) is 5.55. The molecule has 1 aliphatic carbocycles. The molecule has 0 spiro atoms. The SMILES string of the molecule is CC1(C)CN([C@@H](N)CCC(C=O)NC(=O)C2CCCC2)CC[C@]1(OC(=O)C(F)(F)F)c1ccc(Cl)cc1. The smallest absolute Gasteiger partial charge is 0.447 e. The van der Waals surface area contributed by atoms with Crippen LogP contribution in [-0.2, 0) is 24.7 Å². The highest BCUT2D eigenvalue weighted by atomic mass is 35.5. The number of hydrogen-bond acceptors (Lipinski definition) is 6. The third-order valence-corrected chi connectivity index (χ3v) is 7.96. The number of esters is 1. The van der Waals surface area contributed by atoms with Crippen molar-refractivity contribution >= 4 is 29.8 Å². The number of nitrogens with two attached hydrogens (primary N) is 1. The van der Waals surface area contributed by atoms with Crippen LogP contribution in [-0.4, -0.2) is 54.5 Å². The Labute approximate surface area is 220 Å². The van der Waals surface area contributed by atoms with Crippen molar-refractivity contribution in [1.29, 1.82) is 0 Å². The van der Waals surface area contributed by atoms with Crippen LogP contribution in [0.3, 0.4) is 0 Å². The third kappa shape index (κ3) is 6.83. The van der Waals surface area contributed by atoms with Gasteiger partial charge >= 0.3 is 12.1 Å². The molecule has 1 heterocycles. The Morgan fingerprint density at radius 1 is 1.22 bits per heavy atom. The minimum Gasteiger partial charge on any atom is -0.447 e. The molecule has 0 aromatic heterocycles. The highest BCUT2D eigenvalue weighted by Gasteiger charge is 2.56. The molecular weight excluding hydrogens is 511 g/mol. The van der Waals surface area contributed by atoms with Crippen LogP contribution in [0.1, 0.15) is 64.4 Å². The van der Waals surface area contributed by atoms with Crippen LogP contribution >= 0.6 is 11.6 Å². The standard InChI is InChI=1S/C26H35ClF3N3O4/c1-24(2)16-33(21(31)12-11-20(15-34)32-22(35)17-5-3-4-6-17)14-13-25(24,37-23(36)26(28,29)30)18-7-9-19(27)10-8-18/h7-10,15,17,20-21H,3-6,11-14,16,31H2,1-2H3,(H,32,35)/t20?,21-,25+/m1/s1. The summed E-state index contributed by atoms with van der Waals surface area (Å²) in [4.78, 5) is 37.9. The summed E-state index contributed by atoms with van der Waals surface area (Å²) < 4.78 is 44.9. The monoisotopic (exact) mass is 545 g/mol. The van der Waals surface area contributed by atoms with Crippen LogP contribution in [0.4, 0.5) is 13.2 Å². The first-order chi connectivity index (χ1) is 17.3. The number of aldehydes is 1. The predicted octanol–water partition coefficient (Wildman–Crippen LogP) is 4.31. The molecule has 2 aliphatic rings. The first kappa shape index (κ1) is 29.4. The second-order valence-electron chi connectivity index (χ2n) is 10.7. The Bertz CT molecular complexity index is 967. The van der Waals surface area contributed by atoms with E-state index < -0.39 is 35.4 Å². The van der Waals surface area contributed by atoms with E-state index in [4.69, 9.17) is 22.1 Å². The van der Waals surface area contributed by atoms with E-state index in [1.807, 2.05) is 4.90 Å². The van der Waals surface area contributed by atoms with E-state index in [-0.39, 0.29) is 31.3 Å². The van der Waals surface area contributed by atoms with E-state index in [9.17, 15) is 27.6 Å². The second-order valence-corrected chi connectivity index (χ2v) is 11.1. The molecule has 3 atom stereocenters. The summed E-state index contributed by atoms with van der Waals surface area (Å²) in [5, 5.41) is 3.21. The Hall–Kier alpha value is -2.17. The minimum absolute atomic E-state index is 0.0561. The van der Waals surface area contributed by atoms with E-state index in [2.05, 4.69) is 5.32 Å². The van der Waals surface area contributed by atoms with Crippen molar-refractivity contribution in [3.8, 4) is 0 Å². The number of rotatable bonds is 9. The molecule has 0 radical (unpaired) electrons. The maximum absolute atomic E-state index is 13.2. The molecule has 1 aromatic carbocycles. The van der Waals surface area contributed by atoms with Gasteiger partial charge in [-0.05, 0) is 43.4 Å². The zero-order chi connectivity index (χ0) is 27.4. The fourth-order valence-corrected chi connectivity index (χ4v) is 5.68. The summed E-state index contributed by atoms with van der Waals surface area (Å²) in [5.74, 6) is -2.42. The van der Waals surface area contributed by atoms with Crippen LogP contribution in [0.2, 0.25) is 5.02 Å². The molecule has 1 aromatic rings. The van der Waals surface area contributed by atoms with Crippen LogP contribution in [0.15, 0.2) is 24.3 Å². The number of likely N-dealkylation sites (tertiary alicyclic amines) is 1. The second kappa shape index (κ2) is 11.7. The topological polar surface area (TPSA) is 102 Å². The van der Waals surface area contributed by atoms with E-state index in [0.29, 0.717) is 29.7 Å². The average molecular weight is 546 g/mol. The largest absolute Gasteiger partial charge is 0.490 e. The molecule has 7 nitrogen and oxygen atoms in total. The number of carbonyl (C=O) groups excluding carboxylic acids is 3. The number of benzene rings is 1. The van der Waals surface area contributed by atoms with Gasteiger partial charge in [0.2, 0.25) is 5.91 Å². The number of halogens is 4. The van der Waals surface area contributed by atoms with Gasteiger partial charge in [-0.1, -0.05) is 50.4 Å². The van der Waals surface area contributed by atoms with Crippen molar-refractivity contribution in [3.05, 3.63) is 34.9 Å². The maximum atomic E-state index is 13.2. The summed E-state index contributed by atoms with van der Waals surface area (Å²) >= 11 is 5.99. The molecular formula is C26H35ClF3N3O4. The molecule has 1 amide bonds.